The van der Waals surface area contributed by atoms with Gasteiger partial charge in [0, 0.05) is 0 Å². The predicted molar refractivity (Wildman–Crippen MR) is 311 cm³/mol. The van der Waals surface area contributed by atoms with Gasteiger partial charge in [-0.2, -0.15) is 0 Å². The van der Waals surface area contributed by atoms with Crippen molar-refractivity contribution in [2.75, 3.05) is 0 Å². The third-order valence-electron chi connectivity index (χ3n) is 14.1. The van der Waals surface area contributed by atoms with Gasteiger partial charge < -0.3 is 61.3 Å². The largest absolute Gasteiger partial charge is 3.00 e. The van der Waals surface area contributed by atoms with Gasteiger partial charge in [0.2, 0.25) is 0 Å². The van der Waals surface area contributed by atoms with Crippen LogP contribution in [0.15, 0.2) is 182 Å². The molecule has 0 amide bonds. The molecule has 18 nitrogen and oxygen atoms in total. The second kappa shape index (κ2) is 24.4. The van der Waals surface area contributed by atoms with Gasteiger partial charge in [-0.1, -0.05) is 180 Å². The second-order valence-electron chi connectivity index (χ2n) is 18.9. The molecule has 0 radical (unpaired) electrons. The SMILES string of the molecule is O=C(O)c1cc2ccccc2c(-c2c([O-])c(C(=O)O)cc3ccccc23)c1[O-].O=C(O)c1cc2ccccc2c(-c2c([O-])c(C(=O)O)cc3ccccc23)c1[O-].O=C(O)c1cc2ccccc2c(-c2c([O-])c(C(=O)O)cc3ccccc23)c1[O-].[Al+3].[Al+3]. The number of hydrogen-bond donors (Lipinski definition) is 6. The molecule has 0 unspecified atom stereocenters. The van der Waals surface area contributed by atoms with E-state index in [0.717, 1.165) is 0 Å². The van der Waals surface area contributed by atoms with Gasteiger partial charge in [0.1, 0.15) is 0 Å². The maximum Gasteiger partial charge on any atom is 3.00 e. The number of hydrogen-bond acceptors (Lipinski definition) is 12. The topological polar surface area (TPSA) is 362 Å². The molecule has 0 aliphatic rings. The van der Waals surface area contributed by atoms with Crippen molar-refractivity contribution in [3.63, 3.8) is 0 Å². The van der Waals surface area contributed by atoms with Crippen molar-refractivity contribution in [1.82, 2.24) is 0 Å². The van der Waals surface area contributed by atoms with E-state index in [0.29, 0.717) is 64.6 Å². The molecule has 12 rings (SSSR count). The normalized spacial score (nSPS) is 10.7. The molecular weight excluding hydrogens is 1130 g/mol. The molecule has 0 heterocycles. The van der Waals surface area contributed by atoms with E-state index in [1.54, 1.807) is 146 Å². The third-order valence-corrected chi connectivity index (χ3v) is 14.1. The van der Waals surface area contributed by atoms with Crippen LogP contribution in [0.5, 0.6) is 34.5 Å². The number of benzene rings is 12. The summed E-state index contributed by atoms with van der Waals surface area (Å²) in [6.45, 7) is 0. The van der Waals surface area contributed by atoms with Gasteiger partial charge in [-0.05, 0) is 134 Å². The third kappa shape index (κ3) is 10.8. The van der Waals surface area contributed by atoms with Gasteiger partial charge in [0.25, 0.3) is 0 Å². The molecule has 0 atom stereocenters. The van der Waals surface area contributed by atoms with Crippen LogP contribution in [0.25, 0.3) is 98.0 Å². The summed E-state index contributed by atoms with van der Waals surface area (Å²) in [5.41, 5.74) is -3.43. The maximum atomic E-state index is 13.0. The molecule has 0 aromatic heterocycles. The van der Waals surface area contributed by atoms with Crippen molar-refractivity contribution < 1.29 is 90.0 Å². The van der Waals surface area contributed by atoms with E-state index in [4.69, 9.17) is 0 Å². The number of aromatic carboxylic acids is 6. The molecule has 6 N–H and O–H groups in total. The minimum atomic E-state index is -1.41. The van der Waals surface area contributed by atoms with Crippen LogP contribution in [0.3, 0.4) is 0 Å². The number of carbonyl (C=O) groups is 6. The van der Waals surface area contributed by atoms with Gasteiger partial charge in [0.15, 0.2) is 0 Å². The molecule has 0 saturated carbocycles. The molecule has 0 fully saturated rings. The minimum absolute atomic E-state index is 0. The van der Waals surface area contributed by atoms with Crippen LogP contribution in [0.1, 0.15) is 62.1 Å². The molecule has 12 aromatic rings. The number of carboxylic acid groups (broad SMARTS) is 6. The zero-order valence-electron chi connectivity index (χ0n) is 44.1. The average Bonchev–Trinajstić information content (AvgIpc) is 0.896. The van der Waals surface area contributed by atoms with E-state index in [-0.39, 0.29) is 68.1 Å². The Bertz CT molecular complexity index is 4060. The summed E-state index contributed by atoms with van der Waals surface area (Å²) in [7, 11) is 0. The van der Waals surface area contributed by atoms with Gasteiger partial charge in [-0.15, -0.1) is 0 Å². The van der Waals surface area contributed by atoms with Crippen molar-refractivity contribution >= 4 is 135 Å². The summed E-state index contributed by atoms with van der Waals surface area (Å²) in [5, 5.41) is 140. The van der Waals surface area contributed by atoms with E-state index in [9.17, 15) is 90.0 Å². The van der Waals surface area contributed by atoms with E-state index >= 15 is 0 Å². The van der Waals surface area contributed by atoms with E-state index in [2.05, 4.69) is 0 Å². The summed E-state index contributed by atoms with van der Waals surface area (Å²) in [5.74, 6) is -13.4. The average molecular weight is 1170 g/mol. The number of rotatable bonds is 9. The van der Waals surface area contributed by atoms with Gasteiger partial charge >= 0.3 is 70.5 Å². The second-order valence-corrected chi connectivity index (χ2v) is 18.9. The Hall–Kier alpha value is -11.1. The Balaban J connectivity index is 0.000000166. The van der Waals surface area contributed by atoms with Crippen LogP contribution in [-0.2, 0) is 0 Å². The Morgan fingerprint density at radius 2 is 0.337 bits per heavy atom. The first-order valence-corrected chi connectivity index (χ1v) is 25.0. The molecule has 86 heavy (non-hydrogen) atoms. The molecule has 0 aliphatic carbocycles. The molecule has 0 aliphatic heterocycles. The minimum Gasteiger partial charge on any atom is -0.871 e. The van der Waals surface area contributed by atoms with Gasteiger partial charge in [-0.3, -0.25) is 0 Å². The Kier molecular flexibility index (Phi) is 17.3. The molecule has 0 bridgehead atoms. The first-order valence-electron chi connectivity index (χ1n) is 25.0. The van der Waals surface area contributed by atoms with Crippen LogP contribution < -0.4 is 30.6 Å². The molecular formula is C66H36Al2O18. The zero-order valence-corrected chi connectivity index (χ0v) is 46.4. The van der Waals surface area contributed by atoms with E-state index in [1.165, 1.54) is 36.4 Å². The monoisotopic (exact) mass is 1170 g/mol. The summed E-state index contributed by atoms with van der Waals surface area (Å²) >= 11 is 0. The van der Waals surface area contributed by atoms with Crippen LogP contribution >= 0.6 is 0 Å². The number of carboxylic acids is 6. The summed E-state index contributed by atoms with van der Waals surface area (Å²) < 4.78 is 0. The summed E-state index contributed by atoms with van der Waals surface area (Å²) in [6.07, 6.45) is 0. The zero-order chi connectivity index (χ0) is 60.0. The maximum absolute atomic E-state index is 13.0. The smallest absolute Gasteiger partial charge is 0.871 e. The van der Waals surface area contributed by atoms with E-state index in [1.807, 2.05) is 0 Å². The standard InChI is InChI=1S/3C22H14O6.2Al/c3*23-19-15(21(25)26)9-11-5-1-3-7-13(11)17(19)18-14-8-4-2-6-12(14)10-16(20(18)24)22(27)28;;/h3*1-10,23-24H,(H,25,26)(H,27,28);;/q;;;2*+3/p-6. The van der Waals surface area contributed by atoms with Gasteiger partial charge in [0.05, 0.1) is 33.4 Å². The van der Waals surface area contributed by atoms with E-state index < -0.39 is 104 Å². The number of fused-ring (bicyclic) bond motifs is 6. The molecule has 0 spiro atoms. The van der Waals surface area contributed by atoms with Crippen LogP contribution in [0, 0.1) is 0 Å². The van der Waals surface area contributed by atoms with Crippen LogP contribution in [0.2, 0.25) is 0 Å². The van der Waals surface area contributed by atoms with Crippen molar-refractivity contribution in [2.45, 2.75) is 0 Å². The quantitative estimate of drug-likeness (QED) is 0.0734. The molecule has 414 valence electrons. The van der Waals surface area contributed by atoms with Crippen molar-refractivity contribution in [1.29, 1.82) is 0 Å². The molecule has 0 saturated heterocycles. The fourth-order valence-electron chi connectivity index (χ4n) is 10.4. The molecule has 12 aromatic carbocycles. The van der Waals surface area contributed by atoms with Gasteiger partial charge in [-0.25, -0.2) is 28.8 Å². The summed E-state index contributed by atoms with van der Waals surface area (Å²) in [6, 6.07) is 47.2. The van der Waals surface area contributed by atoms with Crippen LogP contribution in [-0.4, -0.2) is 101 Å². The Labute approximate surface area is 505 Å². The molecule has 20 heteroatoms. The van der Waals surface area contributed by atoms with Crippen molar-refractivity contribution in [3.8, 4) is 67.9 Å². The van der Waals surface area contributed by atoms with Crippen LogP contribution in [0.4, 0.5) is 0 Å². The van der Waals surface area contributed by atoms with Crippen molar-refractivity contribution in [2.24, 2.45) is 0 Å². The van der Waals surface area contributed by atoms with Crippen molar-refractivity contribution in [3.05, 3.63) is 215 Å². The summed E-state index contributed by atoms with van der Waals surface area (Å²) in [4.78, 5) is 69.6. The first kappa shape index (κ1) is 61.0. The Morgan fingerprint density at radius 3 is 0.453 bits per heavy atom. The fraction of sp³-hybridized carbons (Fsp3) is 0. The predicted octanol–water partition coefficient (Wildman–Crippen LogP) is 8.85. The fourth-order valence-corrected chi connectivity index (χ4v) is 10.4. The Morgan fingerprint density at radius 1 is 0.221 bits per heavy atom. The first-order chi connectivity index (χ1) is 40.2.